The monoisotopic (exact) mass is 433 g/mol. The van der Waals surface area contributed by atoms with Crippen LogP contribution in [0.25, 0.3) is 10.8 Å². The smallest absolute Gasteiger partial charge is 0.337 e. The Morgan fingerprint density at radius 3 is 2.41 bits per heavy atom. The molecule has 0 unspecified atom stereocenters. The number of aliphatic hydroxyl groups excluding tert-OH is 1. The lowest BCUT2D eigenvalue weighted by Gasteiger charge is -2.35. The minimum Gasteiger partial charge on any atom is -0.488 e. The third-order valence-corrected chi connectivity index (χ3v) is 6.80. The second-order valence-electron chi connectivity index (χ2n) is 8.79. The fourth-order valence-electron chi connectivity index (χ4n) is 5.11. The number of benzene rings is 2. The van der Waals surface area contributed by atoms with Gasteiger partial charge in [0.1, 0.15) is 11.9 Å². The Balaban J connectivity index is 1.30. The molecule has 2 aliphatic rings. The molecule has 1 saturated carbocycles. The van der Waals surface area contributed by atoms with Gasteiger partial charge in [0, 0.05) is 23.9 Å². The second kappa shape index (κ2) is 8.39. The first-order valence-electron chi connectivity index (χ1n) is 11.0. The fraction of sp³-hybridized carbons (Fsp3) is 0.400. The van der Waals surface area contributed by atoms with Crippen LogP contribution in [0.15, 0.2) is 48.5 Å². The SMILES string of the molecule is COC(=O)c1ccc(O[C@H]2C[C@@H]3CN(c4nnc(C)c5ccccc45)C[C@@H]3C[C@@H]2O)cc1. The lowest BCUT2D eigenvalue weighted by molar-refractivity contribution is -0.0231. The van der Waals surface area contributed by atoms with Gasteiger partial charge in [-0.25, -0.2) is 4.79 Å². The van der Waals surface area contributed by atoms with Crippen molar-refractivity contribution in [3.8, 4) is 5.75 Å². The number of nitrogens with zero attached hydrogens (tertiary/aromatic N) is 3. The van der Waals surface area contributed by atoms with E-state index in [4.69, 9.17) is 9.47 Å². The minimum atomic E-state index is -0.530. The number of aryl methyl sites for hydroxylation is 1. The van der Waals surface area contributed by atoms with E-state index < -0.39 is 6.10 Å². The Kier molecular flexibility index (Phi) is 5.43. The lowest BCUT2D eigenvalue weighted by Crippen LogP contribution is -2.42. The van der Waals surface area contributed by atoms with Gasteiger partial charge in [0.2, 0.25) is 0 Å². The molecule has 3 aromatic rings. The van der Waals surface area contributed by atoms with Gasteiger partial charge in [0.05, 0.1) is 24.5 Å². The average Bonchev–Trinajstić information content (AvgIpc) is 3.22. The average molecular weight is 434 g/mol. The van der Waals surface area contributed by atoms with E-state index in [1.807, 2.05) is 19.1 Å². The Morgan fingerprint density at radius 2 is 1.69 bits per heavy atom. The van der Waals surface area contributed by atoms with E-state index in [-0.39, 0.29) is 12.1 Å². The van der Waals surface area contributed by atoms with Gasteiger partial charge in [-0.15, -0.1) is 5.10 Å². The van der Waals surface area contributed by atoms with Crippen LogP contribution in [0, 0.1) is 18.8 Å². The van der Waals surface area contributed by atoms with Crippen molar-refractivity contribution in [1.82, 2.24) is 10.2 Å². The molecule has 1 saturated heterocycles. The minimum absolute atomic E-state index is 0.277. The molecule has 4 atom stereocenters. The van der Waals surface area contributed by atoms with Gasteiger partial charge in [0.15, 0.2) is 5.82 Å². The summed E-state index contributed by atoms with van der Waals surface area (Å²) in [4.78, 5) is 13.9. The van der Waals surface area contributed by atoms with Crippen LogP contribution in [-0.2, 0) is 4.74 Å². The summed E-state index contributed by atoms with van der Waals surface area (Å²) in [5.74, 6) is 2.00. The van der Waals surface area contributed by atoms with Crippen molar-refractivity contribution in [1.29, 1.82) is 0 Å². The van der Waals surface area contributed by atoms with Crippen LogP contribution in [-0.4, -0.2) is 53.7 Å². The summed E-state index contributed by atoms with van der Waals surface area (Å²) in [5.41, 5.74) is 1.41. The van der Waals surface area contributed by atoms with E-state index in [9.17, 15) is 9.90 Å². The highest BCUT2D eigenvalue weighted by molar-refractivity contribution is 5.93. The van der Waals surface area contributed by atoms with Crippen LogP contribution < -0.4 is 9.64 Å². The maximum atomic E-state index is 11.6. The van der Waals surface area contributed by atoms with Crippen molar-refractivity contribution < 1.29 is 19.4 Å². The molecule has 5 rings (SSSR count). The molecule has 32 heavy (non-hydrogen) atoms. The number of carbonyl (C=O) groups is 1. The molecule has 0 spiro atoms. The number of hydrogen-bond donors (Lipinski definition) is 1. The van der Waals surface area contributed by atoms with Gasteiger partial charge < -0.3 is 19.5 Å². The molecular formula is C25H27N3O4. The zero-order chi connectivity index (χ0) is 22.2. The fourth-order valence-corrected chi connectivity index (χ4v) is 5.11. The second-order valence-corrected chi connectivity index (χ2v) is 8.79. The number of anilines is 1. The summed E-state index contributed by atoms with van der Waals surface area (Å²) in [5, 5.41) is 21.9. The van der Waals surface area contributed by atoms with E-state index in [0.29, 0.717) is 29.6 Å². The summed E-state index contributed by atoms with van der Waals surface area (Å²) in [6, 6.07) is 15.1. The van der Waals surface area contributed by atoms with Crippen LogP contribution >= 0.6 is 0 Å². The zero-order valence-corrected chi connectivity index (χ0v) is 18.3. The molecule has 2 fully saturated rings. The predicted molar refractivity (Wildman–Crippen MR) is 121 cm³/mol. The van der Waals surface area contributed by atoms with Crippen molar-refractivity contribution in [2.24, 2.45) is 11.8 Å². The molecule has 7 nitrogen and oxygen atoms in total. The third kappa shape index (κ3) is 3.77. The Hall–Kier alpha value is -3.19. The topological polar surface area (TPSA) is 84.8 Å². The van der Waals surface area contributed by atoms with E-state index in [0.717, 1.165) is 41.8 Å². The van der Waals surface area contributed by atoms with Gasteiger partial charge in [-0.2, -0.15) is 5.10 Å². The van der Waals surface area contributed by atoms with E-state index in [1.165, 1.54) is 7.11 Å². The van der Waals surface area contributed by atoms with E-state index in [2.05, 4.69) is 27.2 Å². The molecular weight excluding hydrogens is 406 g/mol. The van der Waals surface area contributed by atoms with Crippen LogP contribution in [0.4, 0.5) is 5.82 Å². The first kappa shape index (κ1) is 20.7. The largest absolute Gasteiger partial charge is 0.488 e. The highest BCUT2D eigenvalue weighted by Gasteiger charge is 2.43. The van der Waals surface area contributed by atoms with Gasteiger partial charge in [0.25, 0.3) is 0 Å². The first-order valence-corrected chi connectivity index (χ1v) is 11.0. The van der Waals surface area contributed by atoms with Crippen LogP contribution in [0.5, 0.6) is 5.75 Å². The normalized spacial score (nSPS) is 24.9. The number of ether oxygens (including phenoxy) is 2. The molecule has 2 aromatic carbocycles. The number of rotatable bonds is 4. The van der Waals surface area contributed by atoms with Crippen molar-refractivity contribution >= 4 is 22.6 Å². The Labute approximate surface area is 187 Å². The number of methoxy groups -OCH3 is 1. The molecule has 2 heterocycles. The number of aromatic nitrogens is 2. The number of esters is 1. The zero-order valence-electron chi connectivity index (χ0n) is 18.3. The third-order valence-electron chi connectivity index (χ3n) is 6.80. The highest BCUT2D eigenvalue weighted by Crippen LogP contribution is 2.40. The first-order chi connectivity index (χ1) is 15.5. The Bertz CT molecular complexity index is 1130. The van der Waals surface area contributed by atoms with E-state index >= 15 is 0 Å². The molecule has 1 aliphatic carbocycles. The van der Waals surface area contributed by atoms with Crippen LogP contribution in [0.3, 0.4) is 0 Å². The van der Waals surface area contributed by atoms with Crippen molar-refractivity contribution in [3.05, 3.63) is 59.8 Å². The molecule has 7 heteroatoms. The molecule has 0 radical (unpaired) electrons. The molecule has 0 bridgehead atoms. The van der Waals surface area contributed by atoms with Gasteiger partial charge in [-0.3, -0.25) is 0 Å². The van der Waals surface area contributed by atoms with Gasteiger partial charge in [-0.05, 0) is 55.9 Å². The predicted octanol–water partition coefficient (Wildman–Crippen LogP) is 3.38. The molecule has 0 amide bonds. The molecule has 1 aliphatic heterocycles. The number of fused-ring (bicyclic) bond motifs is 2. The maximum absolute atomic E-state index is 11.6. The summed E-state index contributed by atoms with van der Waals surface area (Å²) in [6.45, 7) is 3.73. The van der Waals surface area contributed by atoms with Crippen LogP contribution in [0.2, 0.25) is 0 Å². The maximum Gasteiger partial charge on any atom is 0.337 e. The molecule has 166 valence electrons. The quantitative estimate of drug-likeness (QED) is 0.632. The standard InChI is InChI=1S/C25H27N3O4/c1-15-20-5-3-4-6-21(20)24(27-26-15)28-13-17-11-22(29)23(12-18(17)14-28)32-19-9-7-16(8-10-19)25(30)31-2/h3-10,17-18,22-23,29H,11-14H2,1-2H3/t17-,18+,22-,23-/m0/s1. The van der Waals surface area contributed by atoms with Crippen molar-refractivity contribution in [2.75, 3.05) is 25.1 Å². The van der Waals surface area contributed by atoms with E-state index in [1.54, 1.807) is 24.3 Å². The summed E-state index contributed by atoms with van der Waals surface area (Å²) < 4.78 is 10.9. The van der Waals surface area contributed by atoms with Gasteiger partial charge in [-0.1, -0.05) is 24.3 Å². The Morgan fingerprint density at radius 1 is 1.00 bits per heavy atom. The number of aliphatic hydroxyl groups is 1. The summed E-state index contributed by atoms with van der Waals surface area (Å²) in [6.07, 6.45) is 0.667. The lowest BCUT2D eigenvalue weighted by atomic mass is 9.78. The molecule has 1 aromatic heterocycles. The van der Waals surface area contributed by atoms with Gasteiger partial charge >= 0.3 is 5.97 Å². The van der Waals surface area contributed by atoms with Crippen molar-refractivity contribution in [3.63, 3.8) is 0 Å². The molecule has 1 N–H and O–H groups in total. The van der Waals surface area contributed by atoms with Crippen molar-refractivity contribution in [2.45, 2.75) is 32.0 Å². The van der Waals surface area contributed by atoms with Crippen LogP contribution in [0.1, 0.15) is 28.9 Å². The summed E-state index contributed by atoms with van der Waals surface area (Å²) in [7, 11) is 1.36. The summed E-state index contributed by atoms with van der Waals surface area (Å²) >= 11 is 0. The number of hydrogen-bond acceptors (Lipinski definition) is 7. The number of carbonyl (C=O) groups excluding carboxylic acids is 1. The highest BCUT2D eigenvalue weighted by atomic mass is 16.5.